The van der Waals surface area contributed by atoms with Gasteiger partial charge in [-0.3, -0.25) is 4.79 Å². The molecule has 1 amide bonds. The molecule has 0 aliphatic carbocycles. The molecule has 1 aliphatic heterocycles. The summed E-state index contributed by atoms with van der Waals surface area (Å²) < 4.78 is 0. The van der Waals surface area contributed by atoms with Crippen LogP contribution in [0.4, 0.5) is 5.82 Å². The third-order valence-corrected chi connectivity index (χ3v) is 3.13. The molecule has 0 radical (unpaired) electrons. The van der Waals surface area contributed by atoms with Gasteiger partial charge in [-0.2, -0.15) is 0 Å². The summed E-state index contributed by atoms with van der Waals surface area (Å²) in [7, 11) is 0. The predicted molar refractivity (Wildman–Crippen MR) is 64.8 cm³/mol. The van der Waals surface area contributed by atoms with Gasteiger partial charge in [-0.25, -0.2) is 4.98 Å². The number of carbonyl (C=O) groups is 1. The number of rotatable bonds is 1. The maximum absolute atomic E-state index is 12.1. The predicted octanol–water partition coefficient (Wildman–Crippen LogP) is 0.914. The van der Waals surface area contributed by atoms with Gasteiger partial charge in [0.1, 0.15) is 11.5 Å². The molecule has 3 N–H and O–H groups in total. The third-order valence-electron chi connectivity index (χ3n) is 2.82. The lowest BCUT2D eigenvalue weighted by atomic mass is 10.1. The average molecular weight is 256 g/mol. The summed E-state index contributed by atoms with van der Waals surface area (Å²) >= 11 is 5.92. The standard InChI is InChI=1S/C11H14ClN3O2/c12-8-1-2-9(13)14-10(8)11(17)15-5-3-7(16)4-6-15/h1-2,7,16H,3-6H2,(H2,13,14). The van der Waals surface area contributed by atoms with Crippen LogP contribution in [0.2, 0.25) is 5.02 Å². The molecule has 0 saturated carbocycles. The number of halogens is 1. The number of hydrogen-bond acceptors (Lipinski definition) is 4. The van der Waals surface area contributed by atoms with Crippen LogP contribution in [-0.4, -0.2) is 40.1 Å². The molecule has 0 spiro atoms. The second kappa shape index (κ2) is 4.89. The Kier molecular flexibility index (Phi) is 3.49. The van der Waals surface area contributed by atoms with Gasteiger partial charge in [0.05, 0.1) is 11.1 Å². The highest BCUT2D eigenvalue weighted by molar-refractivity contribution is 6.33. The van der Waals surface area contributed by atoms with E-state index in [1.54, 1.807) is 17.0 Å². The summed E-state index contributed by atoms with van der Waals surface area (Å²) in [6.07, 6.45) is 0.862. The van der Waals surface area contributed by atoms with Crippen LogP contribution in [0.3, 0.4) is 0 Å². The van der Waals surface area contributed by atoms with Gasteiger partial charge in [0.2, 0.25) is 0 Å². The number of aliphatic hydroxyl groups is 1. The van der Waals surface area contributed by atoms with Gasteiger partial charge in [-0.15, -0.1) is 0 Å². The second-order valence-electron chi connectivity index (χ2n) is 4.09. The number of nitrogens with zero attached hydrogens (tertiary/aromatic N) is 2. The number of piperidine rings is 1. The molecule has 1 aromatic heterocycles. The highest BCUT2D eigenvalue weighted by Crippen LogP contribution is 2.19. The fourth-order valence-electron chi connectivity index (χ4n) is 1.83. The lowest BCUT2D eigenvalue weighted by molar-refractivity contribution is 0.0542. The molecule has 0 atom stereocenters. The van der Waals surface area contributed by atoms with Crippen molar-refractivity contribution in [1.82, 2.24) is 9.88 Å². The number of likely N-dealkylation sites (tertiary alicyclic amines) is 1. The zero-order valence-electron chi connectivity index (χ0n) is 9.27. The number of pyridine rings is 1. The summed E-state index contributed by atoms with van der Waals surface area (Å²) in [6.45, 7) is 1.04. The van der Waals surface area contributed by atoms with Gasteiger partial charge in [0.15, 0.2) is 0 Å². The van der Waals surface area contributed by atoms with Crippen LogP contribution in [-0.2, 0) is 0 Å². The molecule has 1 saturated heterocycles. The van der Waals surface area contributed by atoms with E-state index in [9.17, 15) is 9.90 Å². The van der Waals surface area contributed by atoms with Crippen molar-refractivity contribution in [2.24, 2.45) is 0 Å². The van der Waals surface area contributed by atoms with Crippen LogP contribution >= 0.6 is 11.6 Å². The van der Waals surface area contributed by atoms with Crippen molar-refractivity contribution >= 4 is 23.3 Å². The molecule has 0 unspecified atom stereocenters. The van der Waals surface area contributed by atoms with Crippen molar-refractivity contribution in [2.45, 2.75) is 18.9 Å². The number of aliphatic hydroxyl groups excluding tert-OH is 1. The van der Waals surface area contributed by atoms with E-state index in [0.717, 1.165) is 0 Å². The SMILES string of the molecule is Nc1ccc(Cl)c(C(=O)N2CCC(O)CC2)n1. The summed E-state index contributed by atoms with van der Waals surface area (Å²) in [5, 5.41) is 9.68. The number of nitrogen functional groups attached to an aromatic ring is 1. The van der Waals surface area contributed by atoms with Crippen molar-refractivity contribution in [3.05, 3.63) is 22.8 Å². The molecule has 6 heteroatoms. The fraction of sp³-hybridized carbons (Fsp3) is 0.455. The maximum Gasteiger partial charge on any atom is 0.274 e. The number of anilines is 1. The Labute approximate surface area is 104 Å². The van der Waals surface area contributed by atoms with Crippen LogP contribution in [0.15, 0.2) is 12.1 Å². The number of aromatic nitrogens is 1. The van der Waals surface area contributed by atoms with Crippen LogP contribution < -0.4 is 5.73 Å². The van der Waals surface area contributed by atoms with E-state index in [2.05, 4.69) is 4.98 Å². The van der Waals surface area contributed by atoms with E-state index in [1.165, 1.54) is 0 Å². The second-order valence-corrected chi connectivity index (χ2v) is 4.50. The first-order valence-corrected chi connectivity index (χ1v) is 5.85. The normalized spacial score (nSPS) is 17.2. The lowest BCUT2D eigenvalue weighted by Gasteiger charge is -2.29. The van der Waals surface area contributed by atoms with E-state index in [-0.39, 0.29) is 23.5 Å². The first-order chi connectivity index (χ1) is 8.08. The quantitative estimate of drug-likeness (QED) is 0.782. The molecule has 17 heavy (non-hydrogen) atoms. The highest BCUT2D eigenvalue weighted by atomic mass is 35.5. The number of carbonyl (C=O) groups excluding carboxylic acids is 1. The molecule has 1 aromatic rings. The van der Waals surface area contributed by atoms with Gasteiger partial charge < -0.3 is 15.7 Å². The van der Waals surface area contributed by atoms with Crippen molar-refractivity contribution in [3.8, 4) is 0 Å². The minimum Gasteiger partial charge on any atom is -0.393 e. The first-order valence-electron chi connectivity index (χ1n) is 5.47. The van der Waals surface area contributed by atoms with Crippen LogP contribution in [0.5, 0.6) is 0 Å². The van der Waals surface area contributed by atoms with E-state index >= 15 is 0 Å². The molecule has 2 rings (SSSR count). The Morgan fingerprint density at radius 3 is 2.76 bits per heavy atom. The fourth-order valence-corrected chi connectivity index (χ4v) is 2.01. The first kappa shape index (κ1) is 12.1. The summed E-state index contributed by atoms with van der Waals surface area (Å²) in [6, 6.07) is 3.12. The van der Waals surface area contributed by atoms with Gasteiger partial charge in [0, 0.05) is 13.1 Å². The van der Waals surface area contributed by atoms with Crippen molar-refractivity contribution in [3.63, 3.8) is 0 Å². The Balaban J connectivity index is 2.16. The highest BCUT2D eigenvalue weighted by Gasteiger charge is 2.24. The molecule has 1 fully saturated rings. The van der Waals surface area contributed by atoms with Gasteiger partial charge in [-0.05, 0) is 25.0 Å². The average Bonchev–Trinajstić information content (AvgIpc) is 2.32. The number of amides is 1. The summed E-state index contributed by atoms with van der Waals surface area (Å²) in [5.74, 6) is 0.0454. The molecule has 2 heterocycles. The third kappa shape index (κ3) is 2.68. The Morgan fingerprint density at radius 1 is 1.47 bits per heavy atom. The van der Waals surface area contributed by atoms with Gasteiger partial charge in [0.25, 0.3) is 5.91 Å². The molecular weight excluding hydrogens is 242 g/mol. The van der Waals surface area contributed by atoms with E-state index < -0.39 is 0 Å². The maximum atomic E-state index is 12.1. The molecule has 1 aliphatic rings. The minimum absolute atomic E-state index is 0.183. The molecular formula is C11H14ClN3O2. The smallest absolute Gasteiger partial charge is 0.274 e. The Bertz CT molecular complexity index is 431. The largest absolute Gasteiger partial charge is 0.393 e. The summed E-state index contributed by atoms with van der Waals surface area (Å²) in [4.78, 5) is 17.7. The Hall–Kier alpha value is -1.33. The Morgan fingerprint density at radius 2 is 2.12 bits per heavy atom. The van der Waals surface area contributed by atoms with Crippen molar-refractivity contribution in [1.29, 1.82) is 0 Å². The topological polar surface area (TPSA) is 79.5 Å². The molecule has 0 aromatic carbocycles. The van der Waals surface area contributed by atoms with E-state index in [0.29, 0.717) is 31.0 Å². The van der Waals surface area contributed by atoms with Gasteiger partial charge >= 0.3 is 0 Å². The lowest BCUT2D eigenvalue weighted by Crippen LogP contribution is -2.40. The zero-order valence-corrected chi connectivity index (χ0v) is 10.0. The summed E-state index contributed by atoms with van der Waals surface area (Å²) in [5.41, 5.74) is 5.72. The van der Waals surface area contributed by atoms with Crippen LogP contribution in [0, 0.1) is 0 Å². The molecule has 92 valence electrons. The number of nitrogens with two attached hydrogens (primary N) is 1. The molecule has 5 nitrogen and oxygen atoms in total. The van der Waals surface area contributed by atoms with Crippen molar-refractivity contribution < 1.29 is 9.90 Å². The number of hydrogen-bond donors (Lipinski definition) is 2. The van der Waals surface area contributed by atoms with Crippen molar-refractivity contribution in [2.75, 3.05) is 18.8 Å². The minimum atomic E-state index is -0.316. The molecule has 0 bridgehead atoms. The zero-order chi connectivity index (χ0) is 12.4. The monoisotopic (exact) mass is 255 g/mol. The van der Waals surface area contributed by atoms with Gasteiger partial charge in [-0.1, -0.05) is 11.6 Å². The van der Waals surface area contributed by atoms with Crippen LogP contribution in [0.1, 0.15) is 23.3 Å². The van der Waals surface area contributed by atoms with E-state index in [4.69, 9.17) is 17.3 Å². The van der Waals surface area contributed by atoms with Crippen LogP contribution in [0.25, 0.3) is 0 Å². The van der Waals surface area contributed by atoms with E-state index in [1.807, 2.05) is 0 Å².